The number of nitrogens with zero attached hydrogens (tertiary/aromatic N) is 1. The number of amides is 2. The molecule has 6 heteroatoms. The molecule has 1 aliphatic heterocycles. The van der Waals surface area contributed by atoms with Crippen molar-refractivity contribution in [2.75, 3.05) is 10.2 Å². The molecular weight excluding hydrogens is 398 g/mol. The Hall–Kier alpha value is -3.80. The highest BCUT2D eigenvalue weighted by atomic mass is 19.1. The lowest BCUT2D eigenvalue weighted by Crippen LogP contribution is -2.33. The van der Waals surface area contributed by atoms with Gasteiger partial charge in [0.25, 0.3) is 11.8 Å². The third-order valence-corrected chi connectivity index (χ3v) is 5.35. The summed E-state index contributed by atoms with van der Waals surface area (Å²) in [5.41, 5.74) is 4.13. The average Bonchev–Trinajstić information content (AvgIpc) is 2.96. The maximum absolute atomic E-state index is 14.5. The van der Waals surface area contributed by atoms with Gasteiger partial charge in [-0.25, -0.2) is 13.7 Å². The van der Waals surface area contributed by atoms with Crippen LogP contribution >= 0.6 is 0 Å². The second kappa shape index (κ2) is 7.80. The fourth-order valence-corrected chi connectivity index (χ4v) is 3.48. The van der Waals surface area contributed by atoms with Gasteiger partial charge in [-0.2, -0.15) is 0 Å². The van der Waals surface area contributed by atoms with E-state index in [1.165, 1.54) is 0 Å². The van der Waals surface area contributed by atoms with Crippen LogP contribution in [-0.2, 0) is 9.59 Å². The third kappa shape index (κ3) is 3.72. The molecule has 0 aromatic heterocycles. The topological polar surface area (TPSA) is 49.4 Å². The quantitative estimate of drug-likeness (QED) is 0.586. The molecule has 0 unspecified atom stereocenters. The number of nitrogens with one attached hydrogen (secondary N) is 1. The van der Waals surface area contributed by atoms with E-state index in [4.69, 9.17) is 0 Å². The van der Waals surface area contributed by atoms with Gasteiger partial charge < -0.3 is 5.32 Å². The Morgan fingerprint density at radius 2 is 1.48 bits per heavy atom. The lowest BCUT2D eigenvalue weighted by Gasteiger charge is -2.16. The standard InChI is InChI=1S/C25H20F2N2O2/c1-14-4-7-17(8-5-14)22-23(28-19-10-6-15(2)16(3)12-19)25(31)29(24(22)30)21-11-9-18(26)13-20(21)27/h4-13,28H,1-3H3. The molecule has 0 atom stereocenters. The minimum atomic E-state index is -0.989. The van der Waals surface area contributed by atoms with Crippen LogP contribution in [0.4, 0.5) is 20.2 Å². The van der Waals surface area contributed by atoms with Gasteiger partial charge in [0.2, 0.25) is 0 Å². The van der Waals surface area contributed by atoms with Gasteiger partial charge in [-0.3, -0.25) is 9.59 Å². The summed E-state index contributed by atoms with van der Waals surface area (Å²) in [6.07, 6.45) is 0. The zero-order valence-corrected chi connectivity index (χ0v) is 17.3. The van der Waals surface area contributed by atoms with Crippen LogP contribution < -0.4 is 10.2 Å². The molecule has 3 aromatic carbocycles. The van der Waals surface area contributed by atoms with Crippen LogP contribution in [0.25, 0.3) is 5.57 Å². The van der Waals surface area contributed by atoms with Gasteiger partial charge in [0.05, 0.1) is 11.3 Å². The molecular formula is C25H20F2N2O2. The Morgan fingerprint density at radius 1 is 0.774 bits per heavy atom. The molecule has 0 fully saturated rings. The summed E-state index contributed by atoms with van der Waals surface area (Å²) in [4.78, 5) is 27.3. The number of rotatable bonds is 4. The molecule has 3 aromatic rings. The van der Waals surface area contributed by atoms with Crippen molar-refractivity contribution in [1.82, 2.24) is 0 Å². The largest absolute Gasteiger partial charge is 0.350 e. The molecule has 0 saturated heterocycles. The van der Waals surface area contributed by atoms with Gasteiger partial charge in [-0.1, -0.05) is 35.9 Å². The Balaban J connectivity index is 1.84. The molecule has 0 saturated carbocycles. The van der Waals surface area contributed by atoms with Gasteiger partial charge in [0, 0.05) is 11.8 Å². The molecule has 4 nitrogen and oxygen atoms in total. The second-order valence-electron chi connectivity index (χ2n) is 7.58. The molecule has 31 heavy (non-hydrogen) atoms. The monoisotopic (exact) mass is 418 g/mol. The SMILES string of the molecule is Cc1ccc(C2=C(Nc3ccc(C)c(C)c3)C(=O)N(c3ccc(F)cc3F)C2=O)cc1. The van der Waals surface area contributed by atoms with Crippen molar-refractivity contribution in [3.05, 3.63) is 100 Å². The number of carbonyl (C=O) groups excluding carboxylic acids is 2. The Labute approximate surface area is 178 Å². The van der Waals surface area contributed by atoms with Gasteiger partial charge >= 0.3 is 0 Å². The van der Waals surface area contributed by atoms with Crippen LogP contribution in [0.2, 0.25) is 0 Å². The molecule has 0 radical (unpaired) electrons. The molecule has 1 heterocycles. The number of carbonyl (C=O) groups is 2. The van der Waals surface area contributed by atoms with Crippen LogP contribution in [0.15, 0.2) is 66.4 Å². The number of hydrogen-bond donors (Lipinski definition) is 1. The first-order valence-corrected chi connectivity index (χ1v) is 9.75. The molecule has 0 aliphatic carbocycles. The summed E-state index contributed by atoms with van der Waals surface area (Å²) in [6, 6.07) is 15.5. The molecule has 0 spiro atoms. The first kappa shape index (κ1) is 20.5. The van der Waals surface area contributed by atoms with Crippen LogP contribution in [0.1, 0.15) is 22.3 Å². The van der Waals surface area contributed by atoms with Crippen molar-refractivity contribution in [3.63, 3.8) is 0 Å². The van der Waals surface area contributed by atoms with E-state index >= 15 is 0 Å². The highest BCUT2D eigenvalue weighted by Gasteiger charge is 2.41. The molecule has 1 N–H and O–H groups in total. The van der Waals surface area contributed by atoms with E-state index in [1.807, 2.05) is 45.0 Å². The fraction of sp³-hybridized carbons (Fsp3) is 0.120. The van der Waals surface area contributed by atoms with Crippen LogP contribution in [0.3, 0.4) is 0 Å². The summed E-state index contributed by atoms with van der Waals surface area (Å²) in [5.74, 6) is -3.16. The van der Waals surface area contributed by atoms with Crippen LogP contribution in [0, 0.1) is 32.4 Å². The maximum Gasteiger partial charge on any atom is 0.282 e. The third-order valence-electron chi connectivity index (χ3n) is 5.35. The van der Waals surface area contributed by atoms with Gasteiger partial charge in [0.15, 0.2) is 0 Å². The van der Waals surface area contributed by atoms with E-state index in [0.717, 1.165) is 33.7 Å². The Morgan fingerprint density at radius 3 is 2.13 bits per heavy atom. The van der Waals surface area contributed by atoms with Crippen LogP contribution in [0.5, 0.6) is 0 Å². The van der Waals surface area contributed by atoms with Crippen LogP contribution in [-0.4, -0.2) is 11.8 Å². The zero-order chi connectivity index (χ0) is 22.3. The highest BCUT2D eigenvalue weighted by molar-refractivity contribution is 6.46. The first-order chi connectivity index (χ1) is 14.8. The predicted molar refractivity (Wildman–Crippen MR) is 116 cm³/mol. The van der Waals surface area contributed by atoms with E-state index in [1.54, 1.807) is 18.2 Å². The Bertz CT molecular complexity index is 1250. The molecule has 1 aliphatic rings. The minimum absolute atomic E-state index is 0.0424. The first-order valence-electron chi connectivity index (χ1n) is 9.75. The lowest BCUT2D eigenvalue weighted by atomic mass is 10.0. The average molecular weight is 418 g/mol. The summed E-state index contributed by atoms with van der Waals surface area (Å²) >= 11 is 0. The van der Waals surface area contributed by atoms with E-state index in [-0.39, 0.29) is 17.0 Å². The van der Waals surface area contributed by atoms with E-state index in [9.17, 15) is 18.4 Å². The summed E-state index contributed by atoms with van der Waals surface area (Å²) in [6.45, 7) is 5.82. The molecule has 4 rings (SSSR count). The van der Waals surface area contributed by atoms with Gasteiger partial charge in [-0.05, 0) is 61.7 Å². The van der Waals surface area contributed by atoms with Crippen molar-refractivity contribution < 1.29 is 18.4 Å². The van der Waals surface area contributed by atoms with Crippen molar-refractivity contribution in [3.8, 4) is 0 Å². The molecule has 0 bridgehead atoms. The van der Waals surface area contributed by atoms with E-state index in [2.05, 4.69) is 5.32 Å². The van der Waals surface area contributed by atoms with E-state index < -0.39 is 23.4 Å². The maximum atomic E-state index is 14.5. The predicted octanol–water partition coefficient (Wildman–Crippen LogP) is 5.29. The molecule has 156 valence electrons. The summed E-state index contributed by atoms with van der Waals surface area (Å²) in [7, 11) is 0. The summed E-state index contributed by atoms with van der Waals surface area (Å²) < 4.78 is 27.8. The smallest absolute Gasteiger partial charge is 0.282 e. The van der Waals surface area contributed by atoms with Crippen molar-refractivity contribution in [2.24, 2.45) is 0 Å². The minimum Gasteiger partial charge on any atom is -0.350 e. The summed E-state index contributed by atoms with van der Waals surface area (Å²) in [5, 5.41) is 3.05. The van der Waals surface area contributed by atoms with Gasteiger partial charge in [-0.15, -0.1) is 0 Å². The normalized spacial score (nSPS) is 13.9. The zero-order valence-electron chi connectivity index (χ0n) is 17.3. The number of halogens is 2. The van der Waals surface area contributed by atoms with Crippen molar-refractivity contribution >= 4 is 28.8 Å². The lowest BCUT2D eigenvalue weighted by molar-refractivity contribution is -0.120. The second-order valence-corrected chi connectivity index (χ2v) is 7.58. The number of hydrogen-bond acceptors (Lipinski definition) is 3. The number of aryl methyl sites for hydroxylation is 3. The van der Waals surface area contributed by atoms with Crippen molar-refractivity contribution in [1.29, 1.82) is 0 Å². The van der Waals surface area contributed by atoms with Gasteiger partial charge in [0.1, 0.15) is 17.3 Å². The fourth-order valence-electron chi connectivity index (χ4n) is 3.48. The number of imide groups is 1. The highest BCUT2D eigenvalue weighted by Crippen LogP contribution is 2.35. The van der Waals surface area contributed by atoms with E-state index in [0.29, 0.717) is 17.3 Å². The molecule has 2 amide bonds. The Kier molecular flexibility index (Phi) is 5.15. The number of anilines is 2. The number of benzene rings is 3. The van der Waals surface area contributed by atoms with Crippen molar-refractivity contribution in [2.45, 2.75) is 20.8 Å².